The van der Waals surface area contributed by atoms with Gasteiger partial charge >= 0.3 is 29.6 Å². The van der Waals surface area contributed by atoms with E-state index in [2.05, 4.69) is 20.3 Å². The summed E-state index contributed by atoms with van der Waals surface area (Å²) in [6.45, 7) is 3.41. The average molecular weight is 653 g/mol. The van der Waals surface area contributed by atoms with E-state index in [1.165, 1.54) is 36.4 Å². The van der Waals surface area contributed by atoms with E-state index in [0.29, 0.717) is 22.0 Å². The van der Waals surface area contributed by atoms with Crippen LogP contribution in [0.25, 0.3) is 10.8 Å². The van der Waals surface area contributed by atoms with Crippen molar-refractivity contribution >= 4 is 59.6 Å². The number of hydrogen-bond acceptors (Lipinski definition) is 8. The molecule has 0 aromatic heterocycles. The third-order valence-electron chi connectivity index (χ3n) is 6.74. The zero-order chi connectivity index (χ0) is 31.6. The molecule has 5 rings (SSSR count). The molecule has 0 atom stereocenters. The number of amides is 1. The predicted octanol–water partition coefficient (Wildman–Crippen LogP) is 3.25. The van der Waals surface area contributed by atoms with Gasteiger partial charge in [-0.25, -0.2) is 8.42 Å². The van der Waals surface area contributed by atoms with Crippen molar-refractivity contribution in [2.75, 3.05) is 10.0 Å². The van der Waals surface area contributed by atoms with E-state index in [0.717, 1.165) is 17.7 Å². The summed E-state index contributed by atoms with van der Waals surface area (Å²) >= 11 is 0. The molecule has 45 heavy (non-hydrogen) atoms. The van der Waals surface area contributed by atoms with Gasteiger partial charge in [0.05, 0.1) is 21.2 Å². The third-order valence-corrected chi connectivity index (χ3v) is 9.14. The molecule has 0 unspecified atom stereocenters. The minimum Gasteiger partial charge on any atom is -0.870 e. The van der Waals surface area contributed by atoms with Crippen molar-refractivity contribution in [2.45, 2.75) is 23.6 Å². The maximum atomic E-state index is 13.5. The van der Waals surface area contributed by atoms with E-state index in [4.69, 9.17) is 4.55 Å². The molecule has 0 bridgehead atoms. The number of anilines is 2. The van der Waals surface area contributed by atoms with Gasteiger partial charge < -0.3 is 10.4 Å². The van der Waals surface area contributed by atoms with Crippen molar-refractivity contribution in [2.24, 2.45) is 10.2 Å². The van der Waals surface area contributed by atoms with Crippen molar-refractivity contribution in [3.8, 4) is 5.75 Å². The summed E-state index contributed by atoms with van der Waals surface area (Å²) in [5, 5.41) is 25.7. The van der Waals surface area contributed by atoms with Crippen molar-refractivity contribution in [3.63, 3.8) is 0 Å². The Labute approximate surface area is 282 Å². The topological polar surface area (TPSA) is 177 Å². The molecule has 0 saturated carbocycles. The molecule has 0 spiro atoms. The number of sulfonamides is 1. The summed E-state index contributed by atoms with van der Waals surface area (Å²) in [4.78, 5) is 12.6. The zero-order valence-electron chi connectivity index (χ0n) is 24.3. The summed E-state index contributed by atoms with van der Waals surface area (Å²) < 4.78 is 60.5. The second-order valence-corrected chi connectivity index (χ2v) is 12.9. The molecule has 0 aliphatic heterocycles. The maximum absolute atomic E-state index is 13.5. The Bertz CT molecular complexity index is 2170. The normalized spacial score (nSPS) is 11.7. The summed E-state index contributed by atoms with van der Waals surface area (Å²) in [6.07, 6.45) is 0. The van der Waals surface area contributed by atoms with E-state index in [-0.39, 0.29) is 62.0 Å². The quantitative estimate of drug-likeness (QED) is 0.131. The van der Waals surface area contributed by atoms with E-state index in [9.17, 15) is 26.7 Å². The van der Waals surface area contributed by atoms with Gasteiger partial charge in [-0.15, -0.1) is 0 Å². The molecular weight excluding hydrogens is 627 g/mol. The van der Waals surface area contributed by atoms with E-state index >= 15 is 0 Å². The van der Waals surface area contributed by atoms with Gasteiger partial charge in [-0.2, -0.15) is 18.6 Å². The number of carbonyl (C=O) groups is 1. The minimum atomic E-state index is -4.44. The Morgan fingerprint density at radius 1 is 0.800 bits per heavy atom. The molecule has 5 aromatic carbocycles. The number of azo groups is 1. The fourth-order valence-corrected chi connectivity index (χ4v) is 6.24. The molecular formula is C31H25N4NaO7S2. The van der Waals surface area contributed by atoms with Crippen molar-refractivity contribution in [1.82, 2.24) is 0 Å². The van der Waals surface area contributed by atoms with Gasteiger partial charge in [0.15, 0.2) is 0 Å². The molecule has 11 nitrogen and oxygen atoms in total. The maximum Gasteiger partial charge on any atom is 1.00 e. The van der Waals surface area contributed by atoms with Gasteiger partial charge in [-0.05, 0) is 78.9 Å². The van der Waals surface area contributed by atoms with Crippen LogP contribution in [0.3, 0.4) is 0 Å². The average Bonchev–Trinajstić information content (AvgIpc) is 2.98. The molecule has 0 heterocycles. The van der Waals surface area contributed by atoms with Gasteiger partial charge in [-0.1, -0.05) is 54.3 Å². The number of nitrogens with zero attached hydrogens (tertiary/aromatic N) is 2. The van der Waals surface area contributed by atoms with Gasteiger partial charge in [0.2, 0.25) is 0 Å². The Hall–Kier alpha value is -4.11. The number of para-hydroxylation sites is 1. The van der Waals surface area contributed by atoms with Gasteiger partial charge in [0.25, 0.3) is 26.0 Å². The van der Waals surface area contributed by atoms with Gasteiger partial charge in [0.1, 0.15) is 0 Å². The molecule has 0 fully saturated rings. The monoisotopic (exact) mass is 652 g/mol. The first kappa shape index (κ1) is 33.8. The molecule has 0 aliphatic carbocycles. The Morgan fingerprint density at radius 3 is 2.16 bits per heavy atom. The number of nitrogens with one attached hydrogen (secondary N) is 2. The van der Waals surface area contributed by atoms with Crippen LogP contribution in [0.15, 0.2) is 117 Å². The Balaban J connectivity index is 0.00000461. The molecule has 5 aromatic rings. The number of benzene rings is 5. The zero-order valence-corrected chi connectivity index (χ0v) is 28.0. The number of aryl methyl sites for hydroxylation is 2. The van der Waals surface area contributed by atoms with Crippen LogP contribution < -0.4 is 44.7 Å². The number of hydrogen-bond donors (Lipinski definition) is 3. The van der Waals surface area contributed by atoms with E-state index in [1.807, 2.05) is 19.1 Å². The van der Waals surface area contributed by atoms with Crippen LogP contribution in [0.4, 0.5) is 22.7 Å². The molecule has 3 N–H and O–H groups in total. The smallest absolute Gasteiger partial charge is 0.870 e. The molecule has 0 radical (unpaired) electrons. The van der Waals surface area contributed by atoms with Crippen molar-refractivity contribution < 1.29 is 60.8 Å². The van der Waals surface area contributed by atoms with Gasteiger partial charge in [0, 0.05) is 22.3 Å². The van der Waals surface area contributed by atoms with E-state index in [1.54, 1.807) is 43.3 Å². The second kappa shape index (κ2) is 13.5. The summed E-state index contributed by atoms with van der Waals surface area (Å²) in [6, 6.07) is 24.4. The van der Waals surface area contributed by atoms with E-state index < -0.39 is 31.8 Å². The minimum absolute atomic E-state index is 0. The first-order valence-corrected chi connectivity index (χ1v) is 16.0. The largest absolute Gasteiger partial charge is 1.00 e. The second-order valence-electron chi connectivity index (χ2n) is 9.85. The number of rotatable bonds is 8. The molecule has 224 valence electrons. The van der Waals surface area contributed by atoms with Crippen LogP contribution in [0, 0.1) is 13.8 Å². The number of carbonyl (C=O) groups excluding carboxylic acids is 1. The number of fused-ring (bicyclic) bond motifs is 1. The summed E-state index contributed by atoms with van der Waals surface area (Å²) in [5.74, 6) is -1.25. The van der Waals surface area contributed by atoms with Crippen LogP contribution in [-0.2, 0) is 20.1 Å². The van der Waals surface area contributed by atoms with Crippen LogP contribution in [-0.4, -0.2) is 27.3 Å². The fraction of sp³-hybridized carbons (Fsp3) is 0.0645. The summed E-state index contributed by atoms with van der Waals surface area (Å²) in [5.41, 5.74) is 1.74. The van der Waals surface area contributed by atoms with Crippen LogP contribution >= 0.6 is 0 Å². The summed E-state index contributed by atoms with van der Waals surface area (Å²) in [7, 11) is -8.61. The fourth-order valence-electron chi connectivity index (χ4n) is 4.43. The Kier molecular flexibility index (Phi) is 10.1. The molecule has 1 amide bonds. The molecule has 14 heteroatoms. The predicted molar refractivity (Wildman–Crippen MR) is 165 cm³/mol. The third kappa shape index (κ3) is 7.59. The molecule has 0 aliphatic rings. The first-order valence-electron chi connectivity index (χ1n) is 13.1. The van der Waals surface area contributed by atoms with Crippen LogP contribution in [0.5, 0.6) is 5.75 Å². The van der Waals surface area contributed by atoms with Crippen LogP contribution in [0.2, 0.25) is 0 Å². The van der Waals surface area contributed by atoms with Crippen molar-refractivity contribution in [1.29, 1.82) is 0 Å². The van der Waals surface area contributed by atoms with Gasteiger partial charge in [-0.3, -0.25) is 14.1 Å². The van der Waals surface area contributed by atoms with Crippen molar-refractivity contribution in [3.05, 3.63) is 114 Å². The standard InChI is InChI=1S/C31H26N4O7S2.Na/c1-19-7-3-6-10-27(19)32-31(37)26-17-21-8-4-5-9-25(21)29(30(26)36)34-33-23-12-11-20(2)28(18-23)43(38,39)35-22-13-15-24(16-14-22)44(40,41)42;/h3-18,35-36H,1-2H3,(H,32,37)(H,40,41,42);/q;+1/p-1. The first-order chi connectivity index (χ1) is 20.8. The van der Waals surface area contributed by atoms with Crippen LogP contribution in [0.1, 0.15) is 21.5 Å². The Morgan fingerprint density at radius 2 is 1.47 bits per heavy atom. The SMILES string of the molecule is Cc1ccccc1NC(=O)c1cc2ccccc2c(N=Nc2ccc(C)c(S(=O)(=O)Nc3ccc(S(=O)(=O)O)cc3)c2)c1[O-].[Na+]. The molecule has 0 saturated heterocycles.